The Kier molecular flexibility index (Phi) is 4.96. The van der Waals surface area contributed by atoms with E-state index in [-0.39, 0.29) is 12.2 Å². The van der Waals surface area contributed by atoms with Crippen molar-refractivity contribution in [1.82, 2.24) is 14.5 Å². The van der Waals surface area contributed by atoms with Crippen LogP contribution in [0.3, 0.4) is 0 Å². The van der Waals surface area contributed by atoms with Gasteiger partial charge in [-0.3, -0.25) is 14.3 Å². The van der Waals surface area contributed by atoms with Crippen LogP contribution < -0.4 is 5.56 Å². The minimum absolute atomic E-state index is 0.0229. The van der Waals surface area contributed by atoms with Crippen LogP contribution in [-0.2, 0) is 24.3 Å². The predicted molar refractivity (Wildman–Crippen MR) is 102 cm³/mol. The predicted octanol–water partition coefficient (Wildman–Crippen LogP) is 3.27. The van der Waals surface area contributed by atoms with Crippen LogP contribution in [-0.4, -0.2) is 20.5 Å². The summed E-state index contributed by atoms with van der Waals surface area (Å²) in [6, 6.07) is 10.4. The topological polar surface area (TPSA) is 74.1 Å². The Labute approximate surface area is 156 Å². The van der Waals surface area contributed by atoms with E-state index in [1.165, 1.54) is 0 Å². The van der Waals surface area contributed by atoms with Crippen molar-refractivity contribution in [2.45, 2.75) is 45.3 Å². The number of hydrogen-bond donors (Lipinski definition) is 0. The van der Waals surface area contributed by atoms with Crippen molar-refractivity contribution in [3.8, 4) is 0 Å². The highest BCUT2D eigenvalue weighted by Gasteiger charge is 2.15. The largest absolute Gasteiger partial charge is 0.456 e. The number of benzene rings is 1. The molecule has 6 heteroatoms. The molecular weight excluding hydrogens is 342 g/mol. The molecule has 1 aliphatic heterocycles. The summed E-state index contributed by atoms with van der Waals surface area (Å²) in [6.45, 7) is 0.822. The van der Waals surface area contributed by atoms with Gasteiger partial charge in [-0.1, -0.05) is 18.9 Å². The van der Waals surface area contributed by atoms with Gasteiger partial charge in [0.25, 0.3) is 5.56 Å². The van der Waals surface area contributed by atoms with Crippen molar-refractivity contribution in [2.24, 2.45) is 0 Å². The van der Waals surface area contributed by atoms with Gasteiger partial charge in [0.1, 0.15) is 12.4 Å². The molecule has 0 fully saturated rings. The van der Waals surface area contributed by atoms with Crippen LogP contribution >= 0.6 is 0 Å². The number of esters is 1. The molecule has 3 aromatic rings. The minimum Gasteiger partial charge on any atom is -0.456 e. The van der Waals surface area contributed by atoms with Gasteiger partial charge in [0.05, 0.1) is 22.2 Å². The second-order valence-electron chi connectivity index (χ2n) is 6.78. The van der Waals surface area contributed by atoms with Crippen molar-refractivity contribution >= 4 is 16.9 Å². The molecule has 0 unspecified atom stereocenters. The highest BCUT2D eigenvalue weighted by Crippen LogP contribution is 2.17. The first-order valence-corrected chi connectivity index (χ1v) is 9.33. The summed E-state index contributed by atoms with van der Waals surface area (Å²) in [6.07, 6.45) is 6.78. The van der Waals surface area contributed by atoms with E-state index in [0.29, 0.717) is 28.7 Å². The molecule has 4 rings (SSSR count). The van der Waals surface area contributed by atoms with Crippen molar-refractivity contribution in [3.63, 3.8) is 0 Å². The van der Waals surface area contributed by atoms with Gasteiger partial charge in [0.15, 0.2) is 0 Å². The van der Waals surface area contributed by atoms with E-state index in [4.69, 9.17) is 4.74 Å². The summed E-state index contributed by atoms with van der Waals surface area (Å²) >= 11 is 0. The molecule has 0 atom stereocenters. The summed E-state index contributed by atoms with van der Waals surface area (Å²) in [4.78, 5) is 34.0. The highest BCUT2D eigenvalue weighted by molar-refractivity contribution is 5.94. The minimum atomic E-state index is -0.448. The molecular formula is C21H21N3O3. The molecule has 3 heterocycles. The maximum Gasteiger partial charge on any atom is 0.338 e. The van der Waals surface area contributed by atoms with Crippen LogP contribution in [0, 0.1) is 0 Å². The Morgan fingerprint density at radius 3 is 2.85 bits per heavy atom. The maximum atomic E-state index is 12.8. The number of carbonyl (C=O) groups is 1. The number of aromatic nitrogens is 3. The third-order valence-electron chi connectivity index (χ3n) is 4.88. The second-order valence-corrected chi connectivity index (χ2v) is 6.78. The van der Waals surface area contributed by atoms with Crippen molar-refractivity contribution in [2.75, 3.05) is 0 Å². The van der Waals surface area contributed by atoms with E-state index in [0.717, 1.165) is 37.9 Å². The molecule has 1 aliphatic rings. The first-order chi connectivity index (χ1) is 13.2. The zero-order chi connectivity index (χ0) is 18.6. The lowest BCUT2D eigenvalue weighted by molar-refractivity contribution is 0.0468. The van der Waals surface area contributed by atoms with Gasteiger partial charge >= 0.3 is 5.97 Å². The summed E-state index contributed by atoms with van der Waals surface area (Å²) in [5.74, 6) is 0.363. The molecule has 2 aromatic heterocycles. The Balaban J connectivity index is 1.62. The van der Waals surface area contributed by atoms with Gasteiger partial charge in [-0.15, -0.1) is 0 Å². The van der Waals surface area contributed by atoms with E-state index < -0.39 is 5.97 Å². The van der Waals surface area contributed by atoms with Crippen molar-refractivity contribution in [3.05, 3.63) is 70.0 Å². The van der Waals surface area contributed by atoms with Gasteiger partial charge in [-0.2, -0.15) is 0 Å². The first kappa shape index (κ1) is 17.4. The van der Waals surface area contributed by atoms with Gasteiger partial charge in [-0.05, 0) is 43.2 Å². The number of hydrogen-bond acceptors (Lipinski definition) is 5. The Morgan fingerprint density at radius 1 is 1.11 bits per heavy atom. The zero-order valence-electron chi connectivity index (χ0n) is 15.1. The lowest BCUT2D eigenvalue weighted by atomic mass is 10.1. The third kappa shape index (κ3) is 3.74. The lowest BCUT2D eigenvalue weighted by Crippen LogP contribution is -2.26. The number of ether oxygens (including phenoxy) is 1. The fourth-order valence-corrected chi connectivity index (χ4v) is 3.43. The van der Waals surface area contributed by atoms with Crippen LogP contribution in [0.5, 0.6) is 0 Å². The molecule has 0 N–H and O–H groups in total. The molecule has 0 aliphatic carbocycles. The summed E-state index contributed by atoms with van der Waals surface area (Å²) < 4.78 is 7.12. The molecule has 0 radical (unpaired) electrons. The zero-order valence-corrected chi connectivity index (χ0v) is 15.1. The maximum absolute atomic E-state index is 12.8. The van der Waals surface area contributed by atoms with E-state index in [1.54, 1.807) is 35.0 Å². The van der Waals surface area contributed by atoms with E-state index in [2.05, 4.69) is 9.97 Å². The molecule has 0 bridgehead atoms. The van der Waals surface area contributed by atoms with Crippen molar-refractivity contribution in [1.29, 1.82) is 0 Å². The number of carbonyl (C=O) groups excluding carboxylic acids is 1. The quantitative estimate of drug-likeness (QED) is 0.668. The van der Waals surface area contributed by atoms with E-state index in [9.17, 15) is 9.59 Å². The summed E-state index contributed by atoms with van der Waals surface area (Å²) in [5, 5.41) is 0.542. The van der Waals surface area contributed by atoms with Gasteiger partial charge in [-0.25, -0.2) is 9.78 Å². The van der Waals surface area contributed by atoms with Gasteiger partial charge in [0.2, 0.25) is 0 Å². The van der Waals surface area contributed by atoms with Gasteiger partial charge < -0.3 is 4.74 Å². The molecule has 0 saturated carbocycles. The number of rotatable bonds is 3. The van der Waals surface area contributed by atoms with E-state index in [1.807, 2.05) is 12.1 Å². The van der Waals surface area contributed by atoms with E-state index >= 15 is 0 Å². The Bertz CT molecular complexity index is 1030. The highest BCUT2D eigenvalue weighted by atomic mass is 16.5. The van der Waals surface area contributed by atoms with Crippen LogP contribution in [0.4, 0.5) is 0 Å². The molecule has 138 valence electrons. The third-order valence-corrected chi connectivity index (χ3v) is 4.88. The fraction of sp³-hybridized carbons (Fsp3) is 0.333. The first-order valence-electron chi connectivity index (χ1n) is 9.33. The monoisotopic (exact) mass is 363 g/mol. The van der Waals surface area contributed by atoms with Gasteiger partial charge in [0, 0.05) is 19.2 Å². The number of fused-ring (bicyclic) bond motifs is 2. The summed E-state index contributed by atoms with van der Waals surface area (Å²) in [7, 11) is 0. The van der Waals surface area contributed by atoms with Crippen LogP contribution in [0.1, 0.15) is 47.6 Å². The second kappa shape index (κ2) is 7.70. The smallest absolute Gasteiger partial charge is 0.338 e. The molecule has 0 saturated heterocycles. The van der Waals surface area contributed by atoms with Crippen LogP contribution in [0.15, 0.2) is 47.4 Å². The summed E-state index contributed by atoms with van der Waals surface area (Å²) in [5.41, 5.74) is 1.61. The average Bonchev–Trinajstić information content (AvgIpc) is 2.68. The molecule has 6 nitrogen and oxygen atoms in total. The van der Waals surface area contributed by atoms with Crippen LogP contribution in [0.25, 0.3) is 10.9 Å². The fourth-order valence-electron chi connectivity index (χ4n) is 3.43. The lowest BCUT2D eigenvalue weighted by Gasteiger charge is -2.16. The van der Waals surface area contributed by atoms with Crippen LogP contribution in [0.2, 0.25) is 0 Å². The number of aryl methyl sites for hydroxylation is 1. The Morgan fingerprint density at radius 2 is 2.00 bits per heavy atom. The normalized spacial score (nSPS) is 14.2. The number of nitrogens with zero attached hydrogens (tertiary/aromatic N) is 3. The SMILES string of the molecule is O=C(OCc1ccccn1)c1ccc2c(=O)n3c(nc2c1)CCCCCC3. The molecule has 0 amide bonds. The van der Waals surface area contributed by atoms with Crippen molar-refractivity contribution < 1.29 is 9.53 Å². The number of pyridine rings is 1. The molecule has 27 heavy (non-hydrogen) atoms. The Hall–Kier alpha value is -3.02. The average molecular weight is 363 g/mol. The standard InChI is InChI=1S/C21H21N3O3/c25-20-17-10-9-15(21(26)27-14-16-7-4-5-11-22-16)13-18(17)23-19-8-3-1-2-6-12-24(19)20/h4-5,7,9-11,13H,1-3,6,8,12,14H2. The molecule has 1 aromatic carbocycles. The molecule has 0 spiro atoms.